The highest BCUT2D eigenvalue weighted by Crippen LogP contribution is 2.34. The molecule has 1 aromatic carbocycles. The number of nitrogens with zero attached hydrogens (tertiary/aromatic N) is 3. The fraction of sp³-hybridized carbons (Fsp3) is 0.367. The summed E-state index contributed by atoms with van der Waals surface area (Å²) < 4.78 is 0. The van der Waals surface area contributed by atoms with Gasteiger partial charge in [0.15, 0.2) is 0 Å². The lowest BCUT2D eigenvalue weighted by Gasteiger charge is -2.22. The number of anilines is 2. The Kier molecular flexibility index (Phi) is 8.56. The monoisotopic (exact) mass is 515 g/mol. The lowest BCUT2D eigenvalue weighted by atomic mass is 10.1. The molecule has 5 N–H and O–H groups in total. The van der Waals surface area contributed by atoms with E-state index in [1.165, 1.54) is 5.56 Å². The molecule has 1 fully saturated rings. The van der Waals surface area contributed by atoms with Crippen LogP contribution in [0.2, 0.25) is 0 Å². The maximum atomic E-state index is 10.7. The minimum absolute atomic E-state index is 0.0421. The number of hydrogen-bond donors (Lipinski definition) is 5. The number of pyridine rings is 1. The van der Waals surface area contributed by atoms with Crippen LogP contribution in [-0.2, 0) is 0 Å². The standard InChI is InChI=1S/C30H37N5O3/c1-6-8-21-13-14-24(33-23(21)7-2)26-19(5)32-30(31-18(4)20-11-9-17(3)10-12-20)35-29(26)34-25-15-22(16-36)27(37)28(25)38/h6-14,18,22,25,27-28,36-38H,1,15-16H2,2-5H3,(H2,31,32,34,35). The van der Waals surface area contributed by atoms with E-state index in [4.69, 9.17) is 15.0 Å². The molecule has 0 spiro atoms. The summed E-state index contributed by atoms with van der Waals surface area (Å²) in [7, 11) is 0. The van der Waals surface area contributed by atoms with Crippen LogP contribution in [0.5, 0.6) is 0 Å². The third kappa shape index (κ3) is 5.78. The zero-order valence-electron chi connectivity index (χ0n) is 22.4. The third-order valence-electron chi connectivity index (χ3n) is 7.16. The van der Waals surface area contributed by atoms with Gasteiger partial charge < -0.3 is 26.0 Å². The molecule has 1 aliphatic rings. The van der Waals surface area contributed by atoms with E-state index >= 15 is 0 Å². The number of hydrogen-bond acceptors (Lipinski definition) is 8. The Labute approximate surface area is 223 Å². The average Bonchev–Trinajstić information content (AvgIpc) is 3.17. The molecule has 8 heteroatoms. The molecule has 0 amide bonds. The van der Waals surface area contributed by atoms with Crippen molar-refractivity contribution in [1.29, 1.82) is 0 Å². The van der Waals surface area contributed by atoms with Crippen LogP contribution in [0.4, 0.5) is 11.8 Å². The Balaban J connectivity index is 1.77. The number of aromatic nitrogens is 3. The van der Waals surface area contributed by atoms with Crippen molar-refractivity contribution in [2.75, 3.05) is 17.2 Å². The van der Waals surface area contributed by atoms with Crippen molar-refractivity contribution in [2.45, 2.75) is 58.4 Å². The maximum absolute atomic E-state index is 10.7. The summed E-state index contributed by atoms with van der Waals surface area (Å²) in [6, 6.07) is 11.6. The molecule has 2 heterocycles. The molecule has 5 unspecified atom stereocenters. The molecule has 0 aliphatic heterocycles. The molecule has 200 valence electrons. The minimum Gasteiger partial charge on any atom is -0.396 e. The Morgan fingerprint density at radius 1 is 1.05 bits per heavy atom. The van der Waals surface area contributed by atoms with Crippen molar-refractivity contribution in [3.63, 3.8) is 0 Å². The van der Waals surface area contributed by atoms with E-state index in [1.807, 2.05) is 45.1 Å². The van der Waals surface area contributed by atoms with Crippen LogP contribution < -0.4 is 21.2 Å². The van der Waals surface area contributed by atoms with E-state index in [1.54, 1.807) is 6.08 Å². The molecule has 1 aliphatic carbocycles. The van der Waals surface area contributed by atoms with Crippen LogP contribution in [-0.4, -0.2) is 55.1 Å². The number of allylic oxidation sites excluding steroid dienone is 1. The summed E-state index contributed by atoms with van der Waals surface area (Å²) >= 11 is 0. The van der Waals surface area contributed by atoms with Crippen LogP contribution >= 0.6 is 0 Å². The van der Waals surface area contributed by atoms with Crippen molar-refractivity contribution < 1.29 is 15.3 Å². The van der Waals surface area contributed by atoms with Gasteiger partial charge in [-0.3, -0.25) is 0 Å². The average molecular weight is 516 g/mol. The van der Waals surface area contributed by atoms with Crippen molar-refractivity contribution in [2.24, 2.45) is 5.92 Å². The first-order valence-electron chi connectivity index (χ1n) is 13.0. The first-order valence-corrected chi connectivity index (χ1v) is 13.0. The molecule has 5 atom stereocenters. The summed E-state index contributed by atoms with van der Waals surface area (Å²) in [6.07, 6.45) is 3.90. The van der Waals surface area contributed by atoms with Gasteiger partial charge in [-0.1, -0.05) is 60.7 Å². The number of aryl methyl sites for hydroxylation is 2. The van der Waals surface area contributed by atoms with Crippen LogP contribution in [0.25, 0.3) is 23.4 Å². The second-order valence-electron chi connectivity index (χ2n) is 9.91. The van der Waals surface area contributed by atoms with Crippen molar-refractivity contribution >= 4 is 23.9 Å². The Morgan fingerprint density at radius 3 is 2.42 bits per heavy atom. The van der Waals surface area contributed by atoms with Gasteiger partial charge in [-0.25, -0.2) is 9.97 Å². The molecule has 38 heavy (non-hydrogen) atoms. The van der Waals surface area contributed by atoms with Crippen molar-refractivity contribution in [1.82, 2.24) is 15.0 Å². The normalized spacial score (nSPS) is 22.9. The quantitative estimate of drug-likeness (QED) is 0.310. The molecular formula is C30H37N5O3. The molecule has 2 aromatic heterocycles. The summed E-state index contributed by atoms with van der Waals surface area (Å²) in [6.45, 7) is 11.5. The summed E-state index contributed by atoms with van der Waals surface area (Å²) in [5.74, 6) is 0.523. The molecule has 0 radical (unpaired) electrons. The highest BCUT2D eigenvalue weighted by molar-refractivity contribution is 5.76. The Hall–Kier alpha value is -3.59. The first kappa shape index (κ1) is 27.4. The predicted octanol–water partition coefficient (Wildman–Crippen LogP) is 2.61. The predicted molar refractivity (Wildman–Crippen MR) is 152 cm³/mol. The van der Waals surface area contributed by atoms with Gasteiger partial charge in [0, 0.05) is 12.5 Å². The van der Waals surface area contributed by atoms with Gasteiger partial charge in [-0.15, -0.1) is 0 Å². The number of rotatable bonds is 8. The van der Waals surface area contributed by atoms with Crippen LogP contribution in [0.1, 0.15) is 43.1 Å². The van der Waals surface area contributed by atoms with E-state index in [0.29, 0.717) is 35.1 Å². The summed E-state index contributed by atoms with van der Waals surface area (Å²) in [5, 5.41) is 39.2. The van der Waals surface area contributed by atoms with Gasteiger partial charge in [0.1, 0.15) is 11.9 Å². The lowest BCUT2D eigenvalue weighted by molar-refractivity contribution is 0.00446. The molecule has 0 bridgehead atoms. The Morgan fingerprint density at radius 2 is 1.79 bits per heavy atom. The van der Waals surface area contributed by atoms with Crippen LogP contribution in [0.15, 0.2) is 49.1 Å². The van der Waals surface area contributed by atoms with E-state index in [9.17, 15) is 15.3 Å². The maximum Gasteiger partial charge on any atom is 0.225 e. The van der Waals surface area contributed by atoms with E-state index in [0.717, 1.165) is 16.1 Å². The van der Waals surface area contributed by atoms with Gasteiger partial charge in [0.05, 0.1) is 40.5 Å². The van der Waals surface area contributed by atoms with Crippen LogP contribution in [0.3, 0.4) is 0 Å². The number of nitrogens with one attached hydrogen (secondary N) is 2. The zero-order chi connectivity index (χ0) is 27.4. The SMILES string of the molecule is C=CC=c1ccc(-c2c(C)nc(NC(C)c3ccc(C)cc3)nc2NC2CC(CO)C(O)C2O)nc1=CC. The molecule has 3 aromatic rings. The molecular weight excluding hydrogens is 478 g/mol. The van der Waals surface area contributed by atoms with Crippen molar-refractivity contribution in [3.05, 3.63) is 76.4 Å². The molecule has 0 saturated heterocycles. The van der Waals surface area contributed by atoms with Gasteiger partial charge in [0.25, 0.3) is 0 Å². The summed E-state index contributed by atoms with van der Waals surface area (Å²) in [4.78, 5) is 14.4. The highest BCUT2D eigenvalue weighted by Gasteiger charge is 2.41. The zero-order valence-corrected chi connectivity index (χ0v) is 22.4. The highest BCUT2D eigenvalue weighted by atomic mass is 16.3. The third-order valence-corrected chi connectivity index (χ3v) is 7.16. The lowest BCUT2D eigenvalue weighted by Crippen LogP contribution is -2.36. The minimum atomic E-state index is -1.05. The number of benzene rings is 1. The molecule has 1 saturated carbocycles. The molecule has 4 rings (SSSR count). The molecule has 8 nitrogen and oxygen atoms in total. The van der Waals surface area contributed by atoms with Crippen LogP contribution in [0, 0.1) is 19.8 Å². The van der Waals surface area contributed by atoms with Crippen molar-refractivity contribution in [3.8, 4) is 11.3 Å². The topological polar surface area (TPSA) is 123 Å². The van der Waals surface area contributed by atoms with E-state index in [2.05, 4.69) is 48.4 Å². The largest absolute Gasteiger partial charge is 0.396 e. The van der Waals surface area contributed by atoms with E-state index in [-0.39, 0.29) is 12.6 Å². The van der Waals surface area contributed by atoms with Gasteiger partial charge >= 0.3 is 0 Å². The van der Waals surface area contributed by atoms with E-state index < -0.39 is 24.2 Å². The first-order chi connectivity index (χ1) is 18.2. The smallest absolute Gasteiger partial charge is 0.225 e. The Bertz CT molecular complexity index is 1410. The second kappa shape index (κ2) is 11.9. The van der Waals surface area contributed by atoms with Gasteiger partial charge in [-0.2, -0.15) is 4.98 Å². The number of aliphatic hydroxyl groups excluding tert-OH is 3. The fourth-order valence-corrected chi connectivity index (χ4v) is 4.93. The number of aliphatic hydroxyl groups is 3. The summed E-state index contributed by atoms with van der Waals surface area (Å²) in [5.41, 5.74) is 4.40. The second-order valence-corrected chi connectivity index (χ2v) is 9.91. The van der Waals surface area contributed by atoms with Gasteiger partial charge in [-0.05, 0) is 51.0 Å². The van der Waals surface area contributed by atoms with Gasteiger partial charge in [0.2, 0.25) is 5.95 Å². The fourth-order valence-electron chi connectivity index (χ4n) is 4.93.